The van der Waals surface area contributed by atoms with Crippen LogP contribution in [0.5, 0.6) is 0 Å². The topological polar surface area (TPSA) is 77.3 Å². The summed E-state index contributed by atoms with van der Waals surface area (Å²) >= 11 is 0. The minimum Gasteiger partial charge on any atom is -0.394 e. The van der Waals surface area contributed by atoms with Crippen LogP contribution < -0.4 is 5.43 Å². The molecule has 1 aliphatic heterocycles. The summed E-state index contributed by atoms with van der Waals surface area (Å²) in [6, 6.07) is 10.2. The van der Waals surface area contributed by atoms with Crippen molar-refractivity contribution in [2.75, 3.05) is 13.7 Å². The zero-order valence-corrected chi connectivity index (χ0v) is 16.4. The molecule has 0 saturated carbocycles. The number of hydroxylamine groups is 2. The second-order valence-electron chi connectivity index (χ2n) is 7.95. The van der Waals surface area contributed by atoms with E-state index in [9.17, 15) is 10.2 Å². The third kappa shape index (κ3) is 5.27. The van der Waals surface area contributed by atoms with Gasteiger partial charge in [-0.05, 0) is 31.2 Å². The Morgan fingerprint density at radius 1 is 1.31 bits per heavy atom. The molecule has 3 N–H and O–H groups in total. The summed E-state index contributed by atoms with van der Waals surface area (Å²) in [5, 5.41) is 25.9. The van der Waals surface area contributed by atoms with Crippen molar-refractivity contribution in [3.8, 4) is 0 Å². The van der Waals surface area contributed by atoms with E-state index in [-0.39, 0.29) is 12.1 Å². The van der Waals surface area contributed by atoms with E-state index in [1.807, 2.05) is 30.2 Å². The Kier molecular flexibility index (Phi) is 7.17. The van der Waals surface area contributed by atoms with Crippen molar-refractivity contribution in [3.05, 3.63) is 35.9 Å². The molecule has 6 heteroatoms. The van der Waals surface area contributed by atoms with Crippen molar-refractivity contribution in [2.24, 2.45) is 11.0 Å². The van der Waals surface area contributed by atoms with Crippen LogP contribution in [0.3, 0.4) is 0 Å². The van der Waals surface area contributed by atoms with E-state index in [0.29, 0.717) is 25.3 Å². The monoisotopic (exact) mass is 363 g/mol. The first-order chi connectivity index (χ1) is 12.3. The van der Waals surface area contributed by atoms with E-state index in [0.717, 1.165) is 12.0 Å². The molecule has 146 valence electrons. The molecule has 6 nitrogen and oxygen atoms in total. The zero-order chi connectivity index (χ0) is 19.2. The summed E-state index contributed by atoms with van der Waals surface area (Å²) in [6.07, 6.45) is 3.03. The van der Waals surface area contributed by atoms with Crippen LogP contribution >= 0.6 is 0 Å². The van der Waals surface area contributed by atoms with Crippen molar-refractivity contribution in [1.82, 2.24) is 10.5 Å². The number of hydrogen-bond acceptors (Lipinski definition) is 6. The largest absolute Gasteiger partial charge is 0.394 e. The number of aliphatic hydroxyl groups is 2. The first-order valence-electron chi connectivity index (χ1n) is 9.33. The molecule has 0 amide bonds. The number of nitrogens with one attached hydrogen (secondary N) is 1. The number of rotatable bonds is 9. The van der Waals surface area contributed by atoms with Gasteiger partial charge in [0.1, 0.15) is 5.60 Å². The average molecular weight is 364 g/mol. The molecular weight excluding hydrogens is 330 g/mol. The van der Waals surface area contributed by atoms with E-state index in [1.54, 1.807) is 13.3 Å². The van der Waals surface area contributed by atoms with Gasteiger partial charge in [-0.1, -0.05) is 44.2 Å². The molecule has 0 aliphatic carbocycles. The predicted octanol–water partition coefficient (Wildman–Crippen LogP) is 2.32. The van der Waals surface area contributed by atoms with Gasteiger partial charge in [0, 0.05) is 20.0 Å². The van der Waals surface area contributed by atoms with Gasteiger partial charge < -0.3 is 15.6 Å². The van der Waals surface area contributed by atoms with Crippen LogP contribution in [-0.2, 0) is 11.4 Å². The van der Waals surface area contributed by atoms with Gasteiger partial charge in [0.25, 0.3) is 0 Å². The van der Waals surface area contributed by atoms with Gasteiger partial charge in [-0.25, -0.2) is 0 Å². The van der Waals surface area contributed by atoms with E-state index < -0.39 is 11.7 Å². The van der Waals surface area contributed by atoms with Crippen LogP contribution in [0.15, 0.2) is 35.4 Å². The number of aliphatic hydroxyl groups excluding tert-OH is 2. The summed E-state index contributed by atoms with van der Waals surface area (Å²) in [5.41, 5.74) is 2.99. The quantitative estimate of drug-likeness (QED) is 0.464. The normalized spacial score (nSPS) is 28.1. The summed E-state index contributed by atoms with van der Waals surface area (Å²) < 4.78 is 0. The van der Waals surface area contributed by atoms with Crippen molar-refractivity contribution < 1.29 is 15.1 Å². The number of benzene rings is 1. The molecule has 0 bridgehead atoms. The molecule has 1 aromatic carbocycles. The SMILES string of the molecule is CN/N=C\[C@@]1(C)C[C@](CC(C)C)(CC(O)CO)N(Cc2ccccc2)O1. The molecule has 0 spiro atoms. The molecule has 0 radical (unpaired) electrons. The lowest BCUT2D eigenvalue weighted by Gasteiger charge is -2.39. The summed E-state index contributed by atoms with van der Waals surface area (Å²) in [7, 11) is 1.76. The third-order valence-electron chi connectivity index (χ3n) is 4.78. The first kappa shape index (κ1) is 20.8. The van der Waals surface area contributed by atoms with E-state index >= 15 is 0 Å². The number of nitrogens with zero attached hydrogens (tertiary/aromatic N) is 2. The maximum atomic E-state index is 10.2. The van der Waals surface area contributed by atoms with Crippen molar-refractivity contribution >= 4 is 6.21 Å². The van der Waals surface area contributed by atoms with Crippen LogP contribution in [-0.4, -0.2) is 52.4 Å². The molecule has 1 aliphatic rings. The summed E-state index contributed by atoms with van der Waals surface area (Å²) in [5.74, 6) is 0.423. The molecule has 1 saturated heterocycles. The van der Waals surface area contributed by atoms with Gasteiger partial charge in [-0.3, -0.25) is 4.84 Å². The van der Waals surface area contributed by atoms with Gasteiger partial charge in [-0.2, -0.15) is 10.2 Å². The van der Waals surface area contributed by atoms with Crippen LogP contribution in [0.25, 0.3) is 0 Å². The molecule has 1 fully saturated rings. The Hall–Kier alpha value is -1.47. The van der Waals surface area contributed by atoms with Gasteiger partial charge in [0.05, 0.1) is 24.5 Å². The molecule has 26 heavy (non-hydrogen) atoms. The van der Waals surface area contributed by atoms with Gasteiger partial charge in [0.2, 0.25) is 0 Å². The smallest absolute Gasteiger partial charge is 0.126 e. The van der Waals surface area contributed by atoms with Crippen molar-refractivity contribution in [3.63, 3.8) is 0 Å². The van der Waals surface area contributed by atoms with Crippen molar-refractivity contribution in [1.29, 1.82) is 0 Å². The summed E-state index contributed by atoms with van der Waals surface area (Å²) in [4.78, 5) is 6.37. The first-order valence-corrected chi connectivity index (χ1v) is 9.33. The zero-order valence-electron chi connectivity index (χ0n) is 16.4. The van der Waals surface area contributed by atoms with Crippen LogP contribution in [0.4, 0.5) is 0 Å². The molecule has 3 atom stereocenters. The van der Waals surface area contributed by atoms with Crippen LogP contribution in [0.2, 0.25) is 0 Å². The van der Waals surface area contributed by atoms with Gasteiger partial charge in [0.15, 0.2) is 0 Å². The Labute approximate surface area is 156 Å². The highest BCUT2D eigenvalue weighted by atomic mass is 16.7. The summed E-state index contributed by atoms with van der Waals surface area (Å²) in [6.45, 7) is 6.73. The molecule has 2 rings (SSSR count). The minimum absolute atomic E-state index is 0.250. The molecule has 1 aromatic rings. The molecule has 1 unspecified atom stereocenters. The van der Waals surface area contributed by atoms with E-state index in [1.165, 1.54) is 0 Å². The predicted molar refractivity (Wildman–Crippen MR) is 104 cm³/mol. The maximum Gasteiger partial charge on any atom is 0.126 e. The lowest BCUT2D eigenvalue weighted by molar-refractivity contribution is -0.214. The molecule has 0 aromatic heterocycles. The highest BCUT2D eigenvalue weighted by molar-refractivity contribution is 5.68. The van der Waals surface area contributed by atoms with Gasteiger partial charge >= 0.3 is 0 Å². The average Bonchev–Trinajstić information content (AvgIpc) is 2.85. The van der Waals surface area contributed by atoms with Gasteiger partial charge in [-0.15, -0.1) is 0 Å². The fraction of sp³-hybridized carbons (Fsp3) is 0.650. The standard InChI is InChI=1S/C20H33N3O3/c1-16(2)10-20(11-18(25)13-24)14-19(3,15-22-21-4)26-23(20)12-17-8-6-5-7-9-17/h5-9,15-16,18,21,24-25H,10-14H2,1-4H3/b22-15-/t18?,19-,20+/m1/s1. The van der Waals surface area contributed by atoms with Crippen LogP contribution in [0.1, 0.15) is 45.6 Å². The van der Waals surface area contributed by atoms with E-state index in [2.05, 4.69) is 36.5 Å². The molecule has 1 heterocycles. The second-order valence-corrected chi connectivity index (χ2v) is 7.95. The lowest BCUT2D eigenvalue weighted by atomic mass is 9.77. The maximum absolute atomic E-state index is 10.2. The Morgan fingerprint density at radius 3 is 2.58 bits per heavy atom. The lowest BCUT2D eigenvalue weighted by Crippen LogP contribution is -2.46. The Morgan fingerprint density at radius 2 is 2.00 bits per heavy atom. The Bertz CT molecular complexity index is 581. The number of hydrazone groups is 1. The van der Waals surface area contributed by atoms with Crippen LogP contribution in [0, 0.1) is 5.92 Å². The van der Waals surface area contributed by atoms with E-state index in [4.69, 9.17) is 4.84 Å². The number of hydrogen-bond donors (Lipinski definition) is 3. The highest BCUT2D eigenvalue weighted by Crippen LogP contribution is 2.45. The van der Waals surface area contributed by atoms with Crippen molar-refractivity contribution in [2.45, 2.75) is 63.8 Å². The second kappa shape index (κ2) is 8.95. The molecular formula is C20H33N3O3. The minimum atomic E-state index is -0.779. The third-order valence-corrected chi connectivity index (χ3v) is 4.78. The fourth-order valence-corrected chi connectivity index (χ4v) is 4.04. The Balaban J connectivity index is 2.37. The highest BCUT2D eigenvalue weighted by Gasteiger charge is 2.53. The fourth-order valence-electron chi connectivity index (χ4n) is 4.04.